The Morgan fingerprint density at radius 3 is 1.23 bits per heavy atom. The maximum absolute atomic E-state index is 2.99. The van der Waals surface area contributed by atoms with Crippen molar-refractivity contribution in [3.63, 3.8) is 0 Å². The van der Waals surface area contributed by atoms with Gasteiger partial charge in [-0.1, -0.05) is 36.4 Å². The maximum atomic E-state index is 2.99. The van der Waals surface area contributed by atoms with E-state index in [9.17, 15) is 0 Å². The van der Waals surface area contributed by atoms with Crippen LogP contribution in [0, 0.1) is 18.6 Å². The molecular weight excluding hydrogens is 526 g/mol. The van der Waals surface area contributed by atoms with Crippen LogP contribution in [0.4, 0.5) is 0 Å². The standard InChI is InChI=1S/C13H11.2C5H5.2ClH.Hf/c1-3-7-12(8-4-1)11-13-9-5-2-6-10-13;2*1-2-4-5-3-1;;;/h1-11H;2*1-3H,4H2;2*1H;/q3*-1;;;/p-2. The van der Waals surface area contributed by atoms with Gasteiger partial charge in [-0.25, -0.2) is 24.3 Å². The number of halogens is 2. The fraction of sp³-hybridized carbons (Fsp3) is 0.0870. The van der Waals surface area contributed by atoms with Crippen molar-refractivity contribution in [1.29, 1.82) is 0 Å². The zero-order valence-corrected chi connectivity index (χ0v) is 19.6. The first-order valence-electron chi connectivity index (χ1n) is 7.83. The summed E-state index contributed by atoms with van der Waals surface area (Å²) in [6.07, 6.45) is 22.2. The summed E-state index contributed by atoms with van der Waals surface area (Å²) in [5.74, 6) is 0. The van der Waals surface area contributed by atoms with Crippen LogP contribution in [0.5, 0.6) is 0 Å². The molecule has 26 heavy (non-hydrogen) atoms. The van der Waals surface area contributed by atoms with Crippen LogP contribution in [0.25, 0.3) is 0 Å². The van der Waals surface area contributed by atoms with E-state index in [0.29, 0.717) is 0 Å². The number of rotatable bonds is 2. The van der Waals surface area contributed by atoms with Gasteiger partial charge in [0, 0.05) is 25.8 Å². The van der Waals surface area contributed by atoms with Crippen LogP contribution in [-0.2, 0) is 25.8 Å². The van der Waals surface area contributed by atoms with Crippen LogP contribution < -0.4 is 24.8 Å². The normalized spacial score (nSPS) is 11.5. The van der Waals surface area contributed by atoms with Gasteiger partial charge in [0.25, 0.3) is 0 Å². The van der Waals surface area contributed by atoms with E-state index in [1.165, 1.54) is 11.1 Å². The smallest absolute Gasteiger partial charge is 0 e. The van der Waals surface area contributed by atoms with Gasteiger partial charge >= 0.3 is 0 Å². The molecule has 0 fully saturated rings. The third kappa shape index (κ3) is 13.0. The van der Waals surface area contributed by atoms with Gasteiger partial charge in [0.1, 0.15) is 0 Å². The molecule has 3 heteroatoms. The zero-order chi connectivity index (χ0) is 16.0. The van der Waals surface area contributed by atoms with Gasteiger partial charge in [0.2, 0.25) is 0 Å². The number of benzene rings is 2. The Morgan fingerprint density at radius 2 is 1.00 bits per heavy atom. The quantitative estimate of drug-likeness (QED) is 0.365. The molecule has 0 saturated heterocycles. The fourth-order valence-electron chi connectivity index (χ4n) is 1.97. The molecule has 0 radical (unpaired) electrons. The number of hydrogen-bond acceptors (Lipinski definition) is 0. The molecule has 2 aromatic carbocycles. The summed E-state index contributed by atoms with van der Waals surface area (Å²) >= 11 is 0. The van der Waals surface area contributed by atoms with Crippen molar-refractivity contribution in [1.82, 2.24) is 0 Å². The second-order valence-electron chi connectivity index (χ2n) is 4.97. The largest absolute Gasteiger partial charge is 1.00 e. The van der Waals surface area contributed by atoms with Gasteiger partial charge in [-0.05, 0) is 0 Å². The molecule has 4 rings (SSSR count). The van der Waals surface area contributed by atoms with Crippen LogP contribution in [-0.4, -0.2) is 0 Å². The molecule has 0 aromatic heterocycles. The summed E-state index contributed by atoms with van der Waals surface area (Å²) < 4.78 is 0. The zero-order valence-electron chi connectivity index (χ0n) is 14.5. The molecule has 2 aliphatic rings. The molecule has 0 amide bonds. The van der Waals surface area contributed by atoms with Crippen molar-refractivity contribution >= 4 is 0 Å². The molecule has 0 aliphatic heterocycles. The molecule has 0 bridgehead atoms. The van der Waals surface area contributed by atoms with E-state index < -0.39 is 0 Å². The summed E-state index contributed by atoms with van der Waals surface area (Å²) in [5.41, 5.74) is 2.49. The van der Waals surface area contributed by atoms with Gasteiger partial charge in [-0.2, -0.15) is 12.2 Å². The predicted molar refractivity (Wildman–Crippen MR) is 98.5 cm³/mol. The number of allylic oxidation sites excluding steroid dienone is 8. The van der Waals surface area contributed by atoms with Crippen LogP contribution in [0.15, 0.2) is 97.1 Å². The van der Waals surface area contributed by atoms with Crippen molar-refractivity contribution in [2.45, 2.75) is 12.8 Å². The molecule has 136 valence electrons. The van der Waals surface area contributed by atoms with Crippen LogP contribution >= 0.6 is 0 Å². The minimum Gasteiger partial charge on any atom is -1.00 e. The molecule has 0 saturated carbocycles. The molecule has 2 aliphatic carbocycles. The van der Waals surface area contributed by atoms with Gasteiger partial charge in [0.05, 0.1) is 0 Å². The molecule has 0 nitrogen and oxygen atoms in total. The molecule has 0 spiro atoms. The number of hydrogen-bond donors (Lipinski definition) is 0. The Morgan fingerprint density at radius 1 is 0.615 bits per heavy atom. The minimum absolute atomic E-state index is 0. The Labute approximate surface area is 189 Å². The van der Waals surface area contributed by atoms with E-state index in [2.05, 4.69) is 79.3 Å². The SMILES string of the molecule is [C-]1=CC=CC1.[C-]1=CC=CC1.[Cl-].[Cl-].[Hf].c1ccc([CH-]c2ccccc2)cc1. The average Bonchev–Trinajstić information content (AvgIpc) is 3.35. The van der Waals surface area contributed by atoms with E-state index in [4.69, 9.17) is 0 Å². The summed E-state index contributed by atoms with van der Waals surface area (Å²) in [6, 6.07) is 20.7. The third-order valence-corrected chi connectivity index (χ3v) is 3.10. The van der Waals surface area contributed by atoms with Gasteiger partial charge in [-0.15, -0.1) is 54.7 Å². The van der Waals surface area contributed by atoms with Crippen molar-refractivity contribution in [3.8, 4) is 0 Å². The first kappa shape index (κ1) is 26.9. The van der Waals surface area contributed by atoms with Crippen molar-refractivity contribution in [3.05, 3.63) is 127 Å². The van der Waals surface area contributed by atoms with E-state index in [0.717, 1.165) is 12.8 Å². The van der Waals surface area contributed by atoms with E-state index in [-0.39, 0.29) is 50.7 Å². The second kappa shape index (κ2) is 18.5. The third-order valence-electron chi connectivity index (χ3n) is 3.10. The summed E-state index contributed by atoms with van der Waals surface area (Å²) in [5, 5.41) is 0. The maximum Gasteiger partial charge on any atom is 0 e. The van der Waals surface area contributed by atoms with E-state index in [1.54, 1.807) is 0 Å². The Kier molecular flexibility index (Phi) is 19.2. The van der Waals surface area contributed by atoms with E-state index in [1.807, 2.05) is 36.4 Å². The molecule has 0 unspecified atom stereocenters. The summed E-state index contributed by atoms with van der Waals surface area (Å²) in [4.78, 5) is 0. The first-order valence-corrected chi connectivity index (χ1v) is 7.83. The first-order chi connectivity index (χ1) is 11.4. The molecule has 0 atom stereocenters. The molecular formula is C23H21Cl2Hf-5. The predicted octanol–water partition coefficient (Wildman–Crippen LogP) is -0.0958. The molecule has 0 N–H and O–H groups in total. The topological polar surface area (TPSA) is 0 Å². The van der Waals surface area contributed by atoms with Crippen molar-refractivity contribution in [2.75, 3.05) is 0 Å². The van der Waals surface area contributed by atoms with E-state index >= 15 is 0 Å². The minimum atomic E-state index is 0. The van der Waals surface area contributed by atoms with Crippen molar-refractivity contribution in [2.24, 2.45) is 0 Å². The van der Waals surface area contributed by atoms with Crippen LogP contribution in [0.3, 0.4) is 0 Å². The van der Waals surface area contributed by atoms with Crippen LogP contribution in [0.2, 0.25) is 0 Å². The summed E-state index contributed by atoms with van der Waals surface area (Å²) in [6.45, 7) is 0. The Bertz CT molecular complexity index is 580. The van der Waals surface area contributed by atoms with Gasteiger partial charge in [-0.3, -0.25) is 12.2 Å². The van der Waals surface area contributed by atoms with Gasteiger partial charge in [0.15, 0.2) is 0 Å². The molecule has 2 aromatic rings. The fourth-order valence-corrected chi connectivity index (χ4v) is 1.97. The second-order valence-corrected chi connectivity index (χ2v) is 4.97. The Hall–Kier alpha value is -1.28. The van der Waals surface area contributed by atoms with Crippen LogP contribution in [0.1, 0.15) is 24.0 Å². The van der Waals surface area contributed by atoms with Gasteiger partial charge < -0.3 is 24.8 Å². The molecule has 0 heterocycles. The Balaban J connectivity index is 0. The monoisotopic (exact) mass is 547 g/mol. The van der Waals surface area contributed by atoms with Crippen molar-refractivity contribution < 1.29 is 50.7 Å². The average molecular weight is 547 g/mol. The summed E-state index contributed by atoms with van der Waals surface area (Å²) in [7, 11) is 0.